The van der Waals surface area contributed by atoms with Crippen molar-refractivity contribution < 1.29 is 14.4 Å². The number of methoxy groups -OCH3 is 2. The van der Waals surface area contributed by atoms with Crippen molar-refractivity contribution in [2.45, 2.75) is 39.8 Å². The van der Waals surface area contributed by atoms with Crippen molar-refractivity contribution in [2.75, 3.05) is 14.2 Å². The largest absolute Gasteiger partial charge is 0.630 e. The molecule has 27 heavy (non-hydrogen) atoms. The van der Waals surface area contributed by atoms with Gasteiger partial charge >= 0.3 is 0 Å². The molecule has 0 saturated heterocycles. The van der Waals surface area contributed by atoms with Gasteiger partial charge in [0.05, 0.1) is 22.0 Å². The van der Waals surface area contributed by atoms with E-state index in [-0.39, 0.29) is 17.0 Å². The lowest BCUT2D eigenvalue weighted by atomic mass is 9.82. The molecule has 0 aliphatic heterocycles. The highest BCUT2D eigenvalue weighted by Gasteiger charge is 2.30. The highest BCUT2D eigenvalue weighted by atomic mass is 31.1. The summed E-state index contributed by atoms with van der Waals surface area (Å²) in [4.78, 5) is 13.6. The second kappa shape index (κ2) is 9.39. The van der Waals surface area contributed by atoms with Crippen molar-refractivity contribution in [1.82, 2.24) is 0 Å². The van der Waals surface area contributed by atoms with E-state index in [1.54, 1.807) is 14.2 Å². The number of ether oxygens (including phenoxy) is 2. The summed E-state index contributed by atoms with van der Waals surface area (Å²) >= 11 is 0. The summed E-state index contributed by atoms with van der Waals surface area (Å²) in [6, 6.07) is 15.8. The molecule has 0 heterocycles. The highest BCUT2D eigenvalue weighted by molar-refractivity contribution is 7.51. The Labute approximate surface area is 164 Å². The smallest absolute Gasteiger partial charge is 0.140 e. The van der Waals surface area contributed by atoms with Crippen LogP contribution in [0.1, 0.15) is 50.9 Å². The molecular formula is C23H31O3P. The Morgan fingerprint density at radius 3 is 2.00 bits per heavy atom. The number of rotatable bonds is 7. The van der Waals surface area contributed by atoms with Gasteiger partial charge < -0.3 is 14.4 Å². The molecule has 2 aromatic rings. The summed E-state index contributed by atoms with van der Waals surface area (Å²) in [6.45, 7) is 8.88. The van der Waals surface area contributed by atoms with Gasteiger partial charge in [0.15, 0.2) is 0 Å². The van der Waals surface area contributed by atoms with Crippen LogP contribution in [0.15, 0.2) is 48.5 Å². The molecule has 0 spiro atoms. The number of hydrogen-bond acceptors (Lipinski definition) is 3. The van der Waals surface area contributed by atoms with E-state index in [4.69, 9.17) is 9.47 Å². The minimum absolute atomic E-state index is 0.0601. The standard InChI is InChI=1S/C23H31O3P/c1-17(15-23(2,3)4)22(18-11-8-7-9-12-18)27(24)16-19-20(25-5)13-10-14-21(19)26-6/h7-14,16-17,22H,15H2,1-6H3. The van der Waals surface area contributed by atoms with E-state index < -0.39 is 7.77 Å². The van der Waals surface area contributed by atoms with Crippen LogP contribution < -0.4 is 14.4 Å². The van der Waals surface area contributed by atoms with E-state index in [0.717, 1.165) is 17.5 Å². The molecule has 4 heteroatoms. The second-order valence-corrected chi connectivity index (χ2v) is 9.70. The van der Waals surface area contributed by atoms with Gasteiger partial charge in [0.25, 0.3) is 0 Å². The molecule has 0 aromatic heterocycles. The Morgan fingerprint density at radius 2 is 1.52 bits per heavy atom. The van der Waals surface area contributed by atoms with Crippen molar-refractivity contribution in [2.24, 2.45) is 11.3 Å². The van der Waals surface area contributed by atoms with E-state index in [2.05, 4.69) is 39.8 Å². The van der Waals surface area contributed by atoms with Gasteiger partial charge in [-0.05, 0) is 29.5 Å². The van der Waals surface area contributed by atoms with E-state index in [9.17, 15) is 4.89 Å². The molecule has 2 rings (SSSR count). The first-order valence-corrected chi connectivity index (χ1v) is 10.7. The second-order valence-electron chi connectivity index (χ2n) is 8.16. The maximum Gasteiger partial charge on any atom is 0.140 e. The average molecular weight is 386 g/mol. The molecule has 3 atom stereocenters. The Bertz CT molecular complexity index is 741. The first-order chi connectivity index (χ1) is 12.8. The molecule has 0 N–H and O–H groups in total. The maximum absolute atomic E-state index is 13.6. The molecule has 146 valence electrons. The third-order valence-electron chi connectivity index (χ3n) is 4.61. The minimum Gasteiger partial charge on any atom is -0.630 e. The van der Waals surface area contributed by atoms with Crippen LogP contribution in [0.2, 0.25) is 0 Å². The van der Waals surface area contributed by atoms with Crippen LogP contribution in [0, 0.1) is 11.3 Å². The lowest BCUT2D eigenvalue weighted by molar-refractivity contribution is -0.155. The lowest BCUT2D eigenvalue weighted by Gasteiger charge is -2.28. The predicted octanol–water partition coefficient (Wildman–Crippen LogP) is 5.42. The molecule has 3 unspecified atom stereocenters. The fourth-order valence-corrected chi connectivity index (χ4v) is 5.41. The van der Waals surface area contributed by atoms with Crippen molar-refractivity contribution in [3.63, 3.8) is 0 Å². The normalized spacial score (nSPS) is 14.6. The summed E-state index contributed by atoms with van der Waals surface area (Å²) in [5, 5.41) is 0. The molecule has 0 saturated carbocycles. The Morgan fingerprint density at radius 1 is 0.963 bits per heavy atom. The zero-order chi connectivity index (χ0) is 20.0. The fraction of sp³-hybridized carbons (Fsp3) is 0.435. The molecule has 0 aliphatic carbocycles. The molecule has 0 amide bonds. The zero-order valence-electron chi connectivity index (χ0n) is 17.2. The third kappa shape index (κ3) is 5.82. The summed E-state index contributed by atoms with van der Waals surface area (Å²) in [7, 11) is 1.57. The Hall–Kier alpha value is -1.83. The molecule has 2 aromatic carbocycles. The van der Waals surface area contributed by atoms with Crippen molar-refractivity contribution in [3.05, 3.63) is 59.7 Å². The molecular weight excluding hydrogens is 355 g/mol. The fourth-order valence-electron chi connectivity index (χ4n) is 3.67. The quantitative estimate of drug-likeness (QED) is 0.596. The van der Waals surface area contributed by atoms with Crippen LogP contribution in [-0.4, -0.2) is 20.0 Å². The molecule has 3 nitrogen and oxygen atoms in total. The van der Waals surface area contributed by atoms with Gasteiger partial charge in [-0.3, -0.25) is 0 Å². The van der Waals surface area contributed by atoms with Gasteiger partial charge in [-0.25, -0.2) is 0 Å². The zero-order valence-corrected chi connectivity index (χ0v) is 18.1. The van der Waals surface area contributed by atoms with Crippen LogP contribution in [0.4, 0.5) is 0 Å². The topological polar surface area (TPSA) is 41.5 Å². The maximum atomic E-state index is 13.6. The minimum atomic E-state index is -1.67. The monoisotopic (exact) mass is 386 g/mol. The molecule has 0 bridgehead atoms. The Balaban J connectivity index is 2.51. The van der Waals surface area contributed by atoms with Gasteiger partial charge in [0.2, 0.25) is 0 Å². The van der Waals surface area contributed by atoms with Gasteiger partial charge in [-0.1, -0.05) is 64.1 Å². The van der Waals surface area contributed by atoms with Gasteiger partial charge in [-0.2, -0.15) is 0 Å². The average Bonchev–Trinajstić information content (AvgIpc) is 2.61. The van der Waals surface area contributed by atoms with E-state index in [0.29, 0.717) is 11.5 Å². The third-order valence-corrected chi connectivity index (χ3v) is 6.48. The molecule has 0 radical (unpaired) electrons. The van der Waals surface area contributed by atoms with E-state index >= 15 is 0 Å². The van der Waals surface area contributed by atoms with Gasteiger partial charge in [0.1, 0.15) is 28.5 Å². The Kier molecular flexibility index (Phi) is 7.47. The van der Waals surface area contributed by atoms with Crippen molar-refractivity contribution in [1.29, 1.82) is 0 Å². The van der Waals surface area contributed by atoms with Crippen LogP contribution in [0.5, 0.6) is 11.5 Å². The summed E-state index contributed by atoms with van der Waals surface area (Å²) in [5.74, 6) is 3.44. The van der Waals surface area contributed by atoms with Gasteiger partial charge in [-0.15, -0.1) is 0 Å². The van der Waals surface area contributed by atoms with E-state index in [1.165, 1.54) is 0 Å². The SMILES string of the molecule is COc1cccc(OC)c1C=[P+]([O-])C(c1ccccc1)C(C)CC(C)(C)C. The predicted molar refractivity (Wildman–Crippen MR) is 114 cm³/mol. The molecule has 0 aliphatic rings. The number of benzene rings is 2. The van der Waals surface area contributed by atoms with Crippen molar-refractivity contribution >= 4 is 13.6 Å². The first-order valence-electron chi connectivity index (χ1n) is 9.33. The van der Waals surface area contributed by atoms with Crippen molar-refractivity contribution in [3.8, 4) is 11.5 Å². The van der Waals surface area contributed by atoms with Crippen LogP contribution in [-0.2, 0) is 0 Å². The molecule has 0 fully saturated rings. The number of hydrogen-bond donors (Lipinski definition) is 0. The van der Waals surface area contributed by atoms with E-state index in [1.807, 2.05) is 42.2 Å². The van der Waals surface area contributed by atoms with Crippen LogP contribution in [0.25, 0.3) is 0 Å². The summed E-state index contributed by atoms with van der Waals surface area (Å²) in [6.07, 6.45) is 0.991. The summed E-state index contributed by atoms with van der Waals surface area (Å²) < 4.78 is 11.0. The lowest BCUT2D eigenvalue weighted by Crippen LogP contribution is -2.18. The highest BCUT2D eigenvalue weighted by Crippen LogP contribution is 2.46. The van der Waals surface area contributed by atoms with Crippen LogP contribution >= 0.6 is 7.77 Å². The van der Waals surface area contributed by atoms with Crippen LogP contribution in [0.3, 0.4) is 0 Å². The summed E-state index contributed by atoms with van der Waals surface area (Å²) in [5.41, 5.74) is 1.98. The first kappa shape index (κ1) is 21.5. The van der Waals surface area contributed by atoms with Gasteiger partial charge in [0, 0.05) is 5.92 Å².